The second-order valence-corrected chi connectivity index (χ2v) is 6.49. The molecule has 1 saturated heterocycles. The number of carbonyl (C=O) groups is 1. The number of nitrogens with zero attached hydrogens (tertiary/aromatic N) is 2. The average Bonchev–Trinajstić information content (AvgIpc) is 2.84. The highest BCUT2D eigenvalue weighted by molar-refractivity contribution is 7.10. The van der Waals surface area contributed by atoms with E-state index in [0.717, 1.165) is 18.7 Å². The summed E-state index contributed by atoms with van der Waals surface area (Å²) in [7, 11) is 4.36. The molecule has 20 heavy (non-hydrogen) atoms. The Morgan fingerprint density at radius 3 is 3.15 bits per heavy atom. The van der Waals surface area contributed by atoms with Crippen LogP contribution in [-0.4, -0.2) is 54.1 Å². The molecule has 0 saturated carbocycles. The van der Waals surface area contributed by atoms with Crippen LogP contribution >= 0.6 is 11.3 Å². The summed E-state index contributed by atoms with van der Waals surface area (Å²) in [5.74, 6) is -0.903. The number of piperidine rings is 1. The summed E-state index contributed by atoms with van der Waals surface area (Å²) in [4.78, 5) is 16.6. The highest BCUT2D eigenvalue weighted by Crippen LogP contribution is 2.21. The Morgan fingerprint density at radius 1 is 1.65 bits per heavy atom. The third kappa shape index (κ3) is 4.44. The molecule has 1 unspecified atom stereocenters. The van der Waals surface area contributed by atoms with Crippen molar-refractivity contribution < 1.29 is 9.90 Å². The molecule has 0 aliphatic carbocycles. The number of carboxylic acids is 1. The van der Waals surface area contributed by atoms with Gasteiger partial charge in [0.1, 0.15) is 0 Å². The molecule has 1 aliphatic heterocycles. The summed E-state index contributed by atoms with van der Waals surface area (Å²) in [6.07, 6.45) is 5.36. The topological polar surface area (TPSA) is 43.8 Å². The number of likely N-dealkylation sites (tertiary alicyclic amines) is 1. The lowest BCUT2D eigenvalue weighted by atomic mass is 10.1. The molecular weight excluding hydrogens is 272 g/mol. The van der Waals surface area contributed by atoms with Crippen molar-refractivity contribution in [1.29, 1.82) is 0 Å². The zero-order valence-corrected chi connectivity index (χ0v) is 12.9. The van der Waals surface area contributed by atoms with E-state index < -0.39 is 5.97 Å². The van der Waals surface area contributed by atoms with Gasteiger partial charge in [0.05, 0.1) is 0 Å². The Bertz CT molecular complexity index is 484. The lowest BCUT2D eigenvalue weighted by Crippen LogP contribution is -2.44. The number of aliphatic carboxylic acids is 1. The van der Waals surface area contributed by atoms with E-state index in [1.54, 1.807) is 17.4 Å². The minimum atomic E-state index is -0.903. The van der Waals surface area contributed by atoms with E-state index in [-0.39, 0.29) is 0 Å². The van der Waals surface area contributed by atoms with Gasteiger partial charge in [-0.15, -0.1) is 11.3 Å². The van der Waals surface area contributed by atoms with Gasteiger partial charge < -0.3 is 10.0 Å². The number of hydrogen-bond donors (Lipinski definition) is 1. The molecule has 1 fully saturated rings. The molecule has 2 rings (SSSR count). The van der Waals surface area contributed by atoms with Gasteiger partial charge in [-0.3, -0.25) is 4.90 Å². The maximum absolute atomic E-state index is 10.5. The van der Waals surface area contributed by atoms with Crippen LogP contribution in [0.25, 0.3) is 6.08 Å². The molecule has 0 amide bonds. The molecule has 4 nitrogen and oxygen atoms in total. The molecule has 1 N–H and O–H groups in total. The van der Waals surface area contributed by atoms with Gasteiger partial charge in [0, 0.05) is 30.1 Å². The second-order valence-electron chi connectivity index (χ2n) is 5.49. The molecule has 5 heteroatoms. The van der Waals surface area contributed by atoms with Gasteiger partial charge in [0.2, 0.25) is 0 Å². The van der Waals surface area contributed by atoms with Crippen molar-refractivity contribution in [2.45, 2.75) is 25.4 Å². The van der Waals surface area contributed by atoms with Crippen molar-refractivity contribution in [3.63, 3.8) is 0 Å². The smallest absolute Gasteiger partial charge is 0.328 e. The van der Waals surface area contributed by atoms with Crippen LogP contribution in [0.3, 0.4) is 0 Å². The van der Waals surface area contributed by atoms with Crippen LogP contribution in [0.2, 0.25) is 0 Å². The van der Waals surface area contributed by atoms with Crippen molar-refractivity contribution in [3.8, 4) is 0 Å². The van der Waals surface area contributed by atoms with E-state index in [2.05, 4.69) is 30.0 Å². The van der Waals surface area contributed by atoms with Crippen LogP contribution in [0, 0.1) is 0 Å². The zero-order chi connectivity index (χ0) is 14.5. The van der Waals surface area contributed by atoms with Gasteiger partial charge in [0.25, 0.3) is 0 Å². The van der Waals surface area contributed by atoms with Gasteiger partial charge in [-0.05, 0) is 56.6 Å². The lowest BCUT2D eigenvalue weighted by Gasteiger charge is -2.35. The second kappa shape index (κ2) is 7.02. The minimum Gasteiger partial charge on any atom is -0.478 e. The molecule has 0 spiro atoms. The monoisotopic (exact) mass is 294 g/mol. The third-order valence-electron chi connectivity index (χ3n) is 3.72. The first-order valence-electron chi connectivity index (χ1n) is 6.92. The fourth-order valence-electron chi connectivity index (χ4n) is 2.61. The highest BCUT2D eigenvalue weighted by Gasteiger charge is 2.21. The minimum absolute atomic E-state index is 0.619. The molecule has 1 aromatic rings. The molecule has 2 heterocycles. The maximum atomic E-state index is 10.5. The fourth-order valence-corrected chi connectivity index (χ4v) is 3.53. The van der Waals surface area contributed by atoms with Crippen LogP contribution in [0.4, 0.5) is 0 Å². The molecule has 1 atom stereocenters. The molecule has 0 radical (unpaired) electrons. The molecule has 1 aliphatic rings. The average molecular weight is 294 g/mol. The first kappa shape index (κ1) is 15.2. The quantitative estimate of drug-likeness (QED) is 0.847. The van der Waals surface area contributed by atoms with Gasteiger partial charge >= 0.3 is 5.97 Å². The van der Waals surface area contributed by atoms with E-state index in [1.807, 2.05) is 5.38 Å². The number of carboxylic acid groups (broad SMARTS) is 1. The summed E-state index contributed by atoms with van der Waals surface area (Å²) >= 11 is 1.69. The predicted octanol–water partition coefficient (Wildman–Crippen LogP) is 2.37. The Kier molecular flexibility index (Phi) is 5.34. The van der Waals surface area contributed by atoms with Crippen molar-refractivity contribution >= 4 is 23.4 Å². The number of thiophene rings is 1. The number of hydrogen-bond acceptors (Lipinski definition) is 4. The summed E-state index contributed by atoms with van der Waals surface area (Å²) in [5.41, 5.74) is 0.974. The van der Waals surface area contributed by atoms with Gasteiger partial charge in [-0.1, -0.05) is 0 Å². The van der Waals surface area contributed by atoms with Gasteiger partial charge in [-0.2, -0.15) is 0 Å². The summed E-state index contributed by atoms with van der Waals surface area (Å²) < 4.78 is 0. The van der Waals surface area contributed by atoms with E-state index in [1.165, 1.54) is 30.3 Å². The Labute approximate surface area is 124 Å². The first-order valence-corrected chi connectivity index (χ1v) is 7.80. The van der Waals surface area contributed by atoms with Gasteiger partial charge in [-0.25, -0.2) is 4.79 Å². The maximum Gasteiger partial charge on any atom is 0.328 e. The van der Waals surface area contributed by atoms with E-state index in [4.69, 9.17) is 5.11 Å². The van der Waals surface area contributed by atoms with Gasteiger partial charge in [0.15, 0.2) is 0 Å². The summed E-state index contributed by atoms with van der Waals surface area (Å²) in [6.45, 7) is 3.27. The zero-order valence-electron chi connectivity index (χ0n) is 12.1. The first-order chi connectivity index (χ1) is 9.54. The molecule has 0 bridgehead atoms. The Balaban J connectivity index is 1.91. The number of likely N-dealkylation sites (N-methyl/N-ethyl adjacent to an activating group) is 2. The molecule has 0 aromatic carbocycles. The normalized spacial score (nSPS) is 20.9. The van der Waals surface area contributed by atoms with Crippen LogP contribution in [0.15, 0.2) is 17.5 Å². The lowest BCUT2D eigenvalue weighted by molar-refractivity contribution is -0.131. The van der Waals surface area contributed by atoms with Crippen LogP contribution in [0.5, 0.6) is 0 Å². The van der Waals surface area contributed by atoms with Crippen molar-refractivity contribution in [3.05, 3.63) is 28.0 Å². The van der Waals surface area contributed by atoms with Crippen LogP contribution < -0.4 is 0 Å². The largest absolute Gasteiger partial charge is 0.478 e. The summed E-state index contributed by atoms with van der Waals surface area (Å²) in [6, 6.07) is 2.70. The van der Waals surface area contributed by atoms with Crippen molar-refractivity contribution in [1.82, 2.24) is 9.80 Å². The fraction of sp³-hybridized carbons (Fsp3) is 0.533. The van der Waals surface area contributed by atoms with E-state index in [9.17, 15) is 4.79 Å². The van der Waals surface area contributed by atoms with Crippen LogP contribution in [0.1, 0.15) is 23.3 Å². The van der Waals surface area contributed by atoms with E-state index in [0.29, 0.717) is 6.04 Å². The Hall–Kier alpha value is -1.17. The van der Waals surface area contributed by atoms with E-state index >= 15 is 0 Å². The SMILES string of the molecule is CN1CCCC(N(C)Cc2cc(C=CC(=O)O)cs2)C1. The van der Waals surface area contributed by atoms with Crippen LogP contribution in [-0.2, 0) is 11.3 Å². The highest BCUT2D eigenvalue weighted by atomic mass is 32.1. The summed E-state index contributed by atoms with van der Waals surface area (Å²) in [5, 5.41) is 10.6. The third-order valence-corrected chi connectivity index (χ3v) is 4.66. The predicted molar refractivity (Wildman–Crippen MR) is 83.0 cm³/mol. The van der Waals surface area contributed by atoms with Crippen molar-refractivity contribution in [2.24, 2.45) is 0 Å². The van der Waals surface area contributed by atoms with Crippen molar-refractivity contribution in [2.75, 3.05) is 27.2 Å². The number of rotatable bonds is 5. The Morgan fingerprint density at radius 2 is 2.45 bits per heavy atom. The standard InChI is InChI=1S/C15H22N2O2S/c1-16-7-3-4-13(9-16)17(2)10-14-8-12(11-20-14)5-6-15(18)19/h5-6,8,11,13H,3-4,7,9-10H2,1-2H3,(H,18,19). The molecular formula is C15H22N2O2S. The molecule has 1 aromatic heterocycles. The molecule has 110 valence electrons.